The quantitative estimate of drug-likeness (QED) is 0.513. The van der Waals surface area contributed by atoms with Gasteiger partial charge in [-0.15, -0.1) is 0 Å². The van der Waals surface area contributed by atoms with Crippen molar-refractivity contribution in [1.29, 1.82) is 0 Å². The first-order valence-electron chi connectivity index (χ1n) is 5.27. The van der Waals surface area contributed by atoms with Crippen molar-refractivity contribution in [3.63, 3.8) is 0 Å². The Balaban J connectivity index is 2.15. The summed E-state index contributed by atoms with van der Waals surface area (Å²) in [4.78, 5) is 11.4. The van der Waals surface area contributed by atoms with Crippen molar-refractivity contribution in [3.05, 3.63) is 52.7 Å². The van der Waals surface area contributed by atoms with Gasteiger partial charge in [-0.2, -0.15) is 0 Å². The number of ether oxygens (including phenoxy) is 1. The highest BCUT2D eigenvalue weighted by Crippen LogP contribution is 2.28. The highest BCUT2D eigenvalue weighted by Gasteiger charge is 2.16. The smallest absolute Gasteiger partial charge is 0.301 e. The van der Waals surface area contributed by atoms with Gasteiger partial charge in [0.25, 0.3) is 0 Å². The van der Waals surface area contributed by atoms with Crippen molar-refractivity contribution in [2.45, 2.75) is 6.61 Å². The molecule has 2 rings (SSSR count). The molecule has 0 bridgehead atoms. The van der Waals surface area contributed by atoms with Gasteiger partial charge in [-0.3, -0.25) is 10.2 Å². The fourth-order valence-corrected chi connectivity index (χ4v) is 1.70. The summed E-state index contributed by atoms with van der Waals surface area (Å²) in [5.41, 5.74) is 2.37. The number of hydrogen-bond acceptors (Lipinski definition) is 4. The molecule has 0 unspecified atom stereocenters. The van der Waals surface area contributed by atoms with Crippen LogP contribution in [0.4, 0.5) is 4.39 Å². The van der Waals surface area contributed by atoms with Crippen LogP contribution in [0.3, 0.4) is 0 Å². The highest BCUT2D eigenvalue weighted by atomic mass is 35.5. The molecule has 2 aromatic rings. The lowest BCUT2D eigenvalue weighted by molar-refractivity contribution is 0.0922. The number of carbonyl (C=O) groups excluding carboxylic acids is 1. The second kappa shape index (κ2) is 5.73. The zero-order valence-electron chi connectivity index (χ0n) is 9.65. The molecule has 0 aliphatic heterocycles. The summed E-state index contributed by atoms with van der Waals surface area (Å²) in [6.07, 6.45) is 1.31. The molecule has 1 amide bonds. The number of benzene rings is 1. The van der Waals surface area contributed by atoms with Crippen LogP contribution in [0, 0.1) is 5.82 Å². The number of halogens is 2. The van der Waals surface area contributed by atoms with Gasteiger partial charge in [-0.25, -0.2) is 10.2 Å². The number of rotatable bonds is 4. The van der Waals surface area contributed by atoms with E-state index in [4.69, 9.17) is 26.6 Å². The fourth-order valence-electron chi connectivity index (χ4n) is 1.48. The van der Waals surface area contributed by atoms with Crippen LogP contribution >= 0.6 is 11.6 Å². The predicted octanol–water partition coefficient (Wildman–Crippen LogP) is 2.25. The van der Waals surface area contributed by atoms with Crippen molar-refractivity contribution in [2.24, 2.45) is 5.84 Å². The molecule has 19 heavy (non-hydrogen) atoms. The van der Waals surface area contributed by atoms with Crippen LogP contribution in [0.25, 0.3) is 0 Å². The maximum Gasteiger partial charge on any atom is 0.301 e. The first-order chi connectivity index (χ1) is 9.13. The molecule has 1 aromatic carbocycles. The number of nitrogen functional groups attached to an aromatic ring is 1. The van der Waals surface area contributed by atoms with Crippen molar-refractivity contribution in [2.75, 3.05) is 0 Å². The van der Waals surface area contributed by atoms with E-state index in [2.05, 4.69) is 0 Å². The van der Waals surface area contributed by atoms with Crippen molar-refractivity contribution in [3.8, 4) is 5.75 Å². The van der Waals surface area contributed by atoms with Crippen LogP contribution in [0.1, 0.15) is 16.1 Å². The Labute approximate surface area is 113 Å². The standard InChI is InChI=1S/C12H10ClFN2O3/c13-8-2-1-3-9(14)11(8)19-6-7-4-5-18-10(7)12(17)16-15/h1-5H,6,15H2,(H,16,17). The minimum absolute atomic E-state index is 0.00922. The average molecular weight is 285 g/mol. The number of nitrogens with two attached hydrogens (primary N) is 1. The molecule has 0 fully saturated rings. The van der Waals surface area contributed by atoms with Gasteiger partial charge in [0.1, 0.15) is 6.61 Å². The van der Waals surface area contributed by atoms with Crippen LogP contribution in [0.5, 0.6) is 5.75 Å². The Morgan fingerprint density at radius 2 is 2.26 bits per heavy atom. The van der Waals surface area contributed by atoms with Gasteiger partial charge in [0.2, 0.25) is 0 Å². The van der Waals surface area contributed by atoms with E-state index in [0.29, 0.717) is 5.56 Å². The maximum absolute atomic E-state index is 13.5. The second-order valence-corrected chi connectivity index (χ2v) is 4.00. The van der Waals surface area contributed by atoms with E-state index in [1.54, 1.807) is 0 Å². The lowest BCUT2D eigenvalue weighted by Gasteiger charge is -2.08. The van der Waals surface area contributed by atoms with E-state index in [1.807, 2.05) is 5.43 Å². The molecule has 0 saturated carbocycles. The zero-order valence-corrected chi connectivity index (χ0v) is 10.4. The van der Waals surface area contributed by atoms with Gasteiger partial charge < -0.3 is 9.15 Å². The summed E-state index contributed by atoms with van der Waals surface area (Å²) >= 11 is 5.81. The highest BCUT2D eigenvalue weighted by molar-refractivity contribution is 6.32. The number of carbonyl (C=O) groups is 1. The van der Waals surface area contributed by atoms with Crippen LogP contribution in [0.15, 0.2) is 34.9 Å². The molecular formula is C12H10ClFN2O3. The molecule has 0 spiro atoms. The third kappa shape index (κ3) is 2.86. The molecule has 7 heteroatoms. The lowest BCUT2D eigenvalue weighted by Crippen LogP contribution is -2.30. The Bertz CT molecular complexity index is 580. The van der Waals surface area contributed by atoms with Gasteiger partial charge >= 0.3 is 5.91 Å². The summed E-state index contributed by atoms with van der Waals surface area (Å²) in [5.74, 6) is 3.76. The summed E-state index contributed by atoms with van der Waals surface area (Å²) in [6.45, 7) is -0.0695. The molecule has 3 N–H and O–H groups in total. The van der Waals surface area contributed by atoms with Crippen LogP contribution < -0.4 is 16.0 Å². The maximum atomic E-state index is 13.5. The van der Waals surface area contributed by atoms with Crippen molar-refractivity contribution in [1.82, 2.24) is 5.43 Å². The first-order valence-corrected chi connectivity index (χ1v) is 5.65. The Kier molecular flexibility index (Phi) is 4.03. The Hall–Kier alpha value is -2.05. The molecule has 5 nitrogen and oxygen atoms in total. The van der Waals surface area contributed by atoms with E-state index in [1.165, 1.54) is 30.5 Å². The molecule has 100 valence electrons. The normalized spacial score (nSPS) is 10.3. The SMILES string of the molecule is NNC(=O)c1occc1COc1c(F)cccc1Cl. The molecular weight excluding hydrogens is 275 g/mol. The minimum Gasteiger partial charge on any atom is -0.484 e. The first kappa shape index (κ1) is 13.4. The van der Waals surface area contributed by atoms with Gasteiger partial charge in [0.05, 0.1) is 11.3 Å². The number of nitrogens with one attached hydrogen (secondary N) is 1. The zero-order chi connectivity index (χ0) is 13.8. The third-order valence-electron chi connectivity index (χ3n) is 2.38. The summed E-state index contributed by atoms with van der Waals surface area (Å²) in [5, 5.41) is 0.147. The molecule has 0 radical (unpaired) electrons. The second-order valence-electron chi connectivity index (χ2n) is 3.59. The number of hydrazine groups is 1. The van der Waals surface area contributed by atoms with Crippen LogP contribution in [-0.2, 0) is 6.61 Å². The fraction of sp³-hybridized carbons (Fsp3) is 0.0833. The van der Waals surface area contributed by atoms with Gasteiger partial charge in [0, 0.05) is 5.56 Å². The number of furan rings is 1. The van der Waals surface area contributed by atoms with E-state index in [-0.39, 0.29) is 23.1 Å². The van der Waals surface area contributed by atoms with Gasteiger partial charge in [0.15, 0.2) is 17.3 Å². The molecule has 0 aliphatic rings. The van der Waals surface area contributed by atoms with E-state index >= 15 is 0 Å². The van der Waals surface area contributed by atoms with Gasteiger partial charge in [-0.05, 0) is 18.2 Å². The molecule has 1 heterocycles. The minimum atomic E-state index is -0.594. The van der Waals surface area contributed by atoms with Gasteiger partial charge in [-0.1, -0.05) is 17.7 Å². The average Bonchev–Trinajstić information content (AvgIpc) is 2.85. The third-order valence-corrected chi connectivity index (χ3v) is 2.67. The predicted molar refractivity (Wildman–Crippen MR) is 66.1 cm³/mol. The number of hydrogen-bond donors (Lipinski definition) is 2. The Morgan fingerprint density at radius 3 is 2.95 bits per heavy atom. The summed E-state index contributed by atoms with van der Waals surface area (Å²) < 4.78 is 23.7. The van der Waals surface area contributed by atoms with Crippen LogP contribution in [-0.4, -0.2) is 5.91 Å². The molecule has 1 aromatic heterocycles. The Morgan fingerprint density at radius 1 is 1.47 bits per heavy atom. The summed E-state index contributed by atoms with van der Waals surface area (Å²) in [7, 11) is 0. The number of para-hydroxylation sites is 1. The van der Waals surface area contributed by atoms with Crippen LogP contribution in [0.2, 0.25) is 5.02 Å². The monoisotopic (exact) mass is 284 g/mol. The van der Waals surface area contributed by atoms with E-state index < -0.39 is 11.7 Å². The van der Waals surface area contributed by atoms with Crippen molar-refractivity contribution < 1.29 is 18.3 Å². The lowest BCUT2D eigenvalue weighted by atomic mass is 10.2. The molecule has 0 aliphatic carbocycles. The topological polar surface area (TPSA) is 77.5 Å². The largest absolute Gasteiger partial charge is 0.484 e. The number of amides is 1. The van der Waals surface area contributed by atoms with E-state index in [0.717, 1.165) is 0 Å². The summed E-state index contributed by atoms with van der Waals surface area (Å²) in [6, 6.07) is 5.72. The molecule has 0 saturated heterocycles. The molecule has 0 atom stereocenters. The van der Waals surface area contributed by atoms with Crippen molar-refractivity contribution >= 4 is 17.5 Å². The van der Waals surface area contributed by atoms with E-state index in [9.17, 15) is 9.18 Å².